The van der Waals surface area contributed by atoms with Gasteiger partial charge in [-0.25, -0.2) is 13.2 Å². The van der Waals surface area contributed by atoms with E-state index in [9.17, 15) is 13.2 Å². The highest BCUT2D eigenvalue weighted by molar-refractivity contribution is 7.92. The summed E-state index contributed by atoms with van der Waals surface area (Å²) in [5.74, 6) is -1.17. The molecule has 1 aromatic heterocycles. The monoisotopic (exact) mass is 292 g/mol. The molecule has 0 fully saturated rings. The van der Waals surface area contributed by atoms with Crippen LogP contribution in [0.1, 0.15) is 15.9 Å². The molecule has 20 heavy (non-hydrogen) atoms. The van der Waals surface area contributed by atoms with Gasteiger partial charge in [0.25, 0.3) is 10.0 Å². The fourth-order valence-corrected chi connectivity index (χ4v) is 2.75. The molecule has 0 bridgehead atoms. The van der Waals surface area contributed by atoms with Crippen molar-refractivity contribution < 1.29 is 18.3 Å². The predicted molar refractivity (Wildman–Crippen MR) is 73.2 cm³/mol. The first-order chi connectivity index (χ1) is 9.38. The zero-order valence-corrected chi connectivity index (χ0v) is 11.4. The van der Waals surface area contributed by atoms with Crippen molar-refractivity contribution in [1.82, 2.24) is 4.98 Å². The van der Waals surface area contributed by atoms with Gasteiger partial charge in [-0.15, -0.1) is 0 Å². The first kappa shape index (κ1) is 14.0. The number of carboxylic acid groups (broad SMARTS) is 1. The van der Waals surface area contributed by atoms with Crippen LogP contribution in [-0.2, 0) is 10.0 Å². The van der Waals surface area contributed by atoms with Gasteiger partial charge in [0.2, 0.25) is 0 Å². The van der Waals surface area contributed by atoms with E-state index < -0.39 is 16.0 Å². The van der Waals surface area contributed by atoms with E-state index in [-0.39, 0.29) is 16.1 Å². The Labute approximate surface area is 116 Å². The molecule has 0 amide bonds. The molecule has 0 radical (unpaired) electrons. The molecule has 0 aliphatic carbocycles. The minimum atomic E-state index is -3.76. The van der Waals surface area contributed by atoms with Gasteiger partial charge in [-0.1, -0.05) is 12.1 Å². The molecular formula is C13H12N2O4S. The Hall–Kier alpha value is -2.41. The van der Waals surface area contributed by atoms with Crippen LogP contribution >= 0.6 is 0 Å². The molecule has 0 saturated carbocycles. The number of aryl methyl sites for hydroxylation is 1. The highest BCUT2D eigenvalue weighted by Gasteiger charge is 2.15. The largest absolute Gasteiger partial charge is 0.478 e. The van der Waals surface area contributed by atoms with Gasteiger partial charge < -0.3 is 5.11 Å². The minimum absolute atomic E-state index is 0.0885. The van der Waals surface area contributed by atoms with Gasteiger partial charge in [0.1, 0.15) is 0 Å². The SMILES string of the molecule is Cc1cccc(S(=O)(=O)Nc2cncc(C(=O)O)c2)c1. The van der Waals surface area contributed by atoms with Crippen LogP contribution in [-0.4, -0.2) is 24.5 Å². The van der Waals surface area contributed by atoms with Crippen LogP contribution in [0.15, 0.2) is 47.6 Å². The lowest BCUT2D eigenvalue weighted by Crippen LogP contribution is -2.13. The topological polar surface area (TPSA) is 96.4 Å². The van der Waals surface area contributed by atoms with Crippen molar-refractivity contribution in [2.45, 2.75) is 11.8 Å². The van der Waals surface area contributed by atoms with Crippen molar-refractivity contribution in [2.24, 2.45) is 0 Å². The molecule has 2 rings (SSSR count). The van der Waals surface area contributed by atoms with Crippen molar-refractivity contribution in [1.29, 1.82) is 0 Å². The maximum Gasteiger partial charge on any atom is 0.337 e. The number of hydrogen-bond acceptors (Lipinski definition) is 4. The zero-order chi connectivity index (χ0) is 14.8. The van der Waals surface area contributed by atoms with Crippen LogP contribution in [0.4, 0.5) is 5.69 Å². The summed E-state index contributed by atoms with van der Waals surface area (Å²) in [6.45, 7) is 1.78. The van der Waals surface area contributed by atoms with Crippen LogP contribution < -0.4 is 4.72 Å². The van der Waals surface area contributed by atoms with E-state index in [1.807, 2.05) is 0 Å². The van der Waals surface area contributed by atoms with Crippen LogP contribution in [0.25, 0.3) is 0 Å². The molecule has 104 valence electrons. The molecule has 2 N–H and O–H groups in total. The number of carboxylic acids is 1. The molecular weight excluding hydrogens is 280 g/mol. The molecule has 1 aromatic carbocycles. The molecule has 0 aliphatic heterocycles. The van der Waals surface area contributed by atoms with Crippen LogP contribution in [0, 0.1) is 6.92 Å². The fourth-order valence-electron chi connectivity index (χ4n) is 1.61. The number of sulfonamides is 1. The van der Waals surface area contributed by atoms with Crippen molar-refractivity contribution in [3.63, 3.8) is 0 Å². The standard InChI is InChI=1S/C13H12N2O4S/c1-9-3-2-4-12(5-9)20(18,19)15-11-6-10(13(16)17)7-14-8-11/h2-8,15H,1H3,(H,16,17). The van der Waals surface area contributed by atoms with Crippen molar-refractivity contribution in [2.75, 3.05) is 4.72 Å². The summed E-state index contributed by atoms with van der Waals surface area (Å²) in [6, 6.07) is 7.62. The maximum atomic E-state index is 12.1. The Morgan fingerprint density at radius 3 is 2.65 bits per heavy atom. The van der Waals surface area contributed by atoms with E-state index in [2.05, 4.69) is 9.71 Å². The number of carbonyl (C=O) groups is 1. The number of nitrogens with zero attached hydrogens (tertiary/aromatic N) is 1. The Morgan fingerprint density at radius 2 is 2.00 bits per heavy atom. The number of rotatable bonds is 4. The smallest absolute Gasteiger partial charge is 0.337 e. The average Bonchev–Trinajstić information content (AvgIpc) is 2.38. The van der Waals surface area contributed by atoms with Crippen molar-refractivity contribution in [3.05, 3.63) is 53.9 Å². The number of anilines is 1. The summed E-state index contributed by atoms with van der Waals surface area (Å²) < 4.78 is 26.6. The Kier molecular flexibility index (Phi) is 3.71. The van der Waals surface area contributed by atoms with Gasteiger partial charge in [0.05, 0.1) is 22.3 Å². The van der Waals surface area contributed by atoms with Gasteiger partial charge in [-0.3, -0.25) is 9.71 Å². The van der Waals surface area contributed by atoms with E-state index in [0.29, 0.717) is 0 Å². The van der Waals surface area contributed by atoms with E-state index in [0.717, 1.165) is 11.8 Å². The van der Waals surface area contributed by atoms with Gasteiger partial charge >= 0.3 is 5.97 Å². The van der Waals surface area contributed by atoms with E-state index in [1.54, 1.807) is 19.1 Å². The molecule has 7 heteroatoms. The molecule has 0 unspecified atom stereocenters. The number of benzene rings is 1. The fraction of sp³-hybridized carbons (Fsp3) is 0.0769. The Balaban J connectivity index is 2.33. The summed E-state index contributed by atoms with van der Waals surface area (Å²) in [5.41, 5.74) is 0.825. The highest BCUT2D eigenvalue weighted by atomic mass is 32.2. The highest BCUT2D eigenvalue weighted by Crippen LogP contribution is 2.17. The molecule has 0 aliphatic rings. The van der Waals surface area contributed by atoms with Gasteiger partial charge in [-0.05, 0) is 30.7 Å². The van der Waals surface area contributed by atoms with E-state index in [4.69, 9.17) is 5.11 Å². The normalized spacial score (nSPS) is 11.1. The van der Waals surface area contributed by atoms with Gasteiger partial charge in [0, 0.05) is 6.20 Å². The molecule has 0 spiro atoms. The summed E-state index contributed by atoms with van der Waals surface area (Å²) >= 11 is 0. The molecule has 6 nitrogen and oxygen atoms in total. The van der Waals surface area contributed by atoms with Crippen molar-refractivity contribution in [3.8, 4) is 0 Å². The molecule has 0 saturated heterocycles. The first-order valence-electron chi connectivity index (χ1n) is 5.66. The second-order valence-electron chi connectivity index (χ2n) is 4.19. The van der Waals surface area contributed by atoms with Crippen LogP contribution in [0.3, 0.4) is 0 Å². The Bertz CT molecular complexity index is 756. The van der Waals surface area contributed by atoms with Gasteiger partial charge in [0.15, 0.2) is 0 Å². The van der Waals surface area contributed by atoms with Gasteiger partial charge in [-0.2, -0.15) is 0 Å². The summed E-state index contributed by atoms with van der Waals surface area (Å²) in [6.07, 6.45) is 2.40. The van der Waals surface area contributed by atoms with E-state index >= 15 is 0 Å². The minimum Gasteiger partial charge on any atom is -0.478 e. The quantitative estimate of drug-likeness (QED) is 0.897. The molecule has 0 atom stereocenters. The number of hydrogen-bond donors (Lipinski definition) is 2. The number of aromatic carboxylic acids is 1. The third-order valence-electron chi connectivity index (χ3n) is 2.54. The summed E-state index contributed by atoms with van der Waals surface area (Å²) in [7, 11) is -3.76. The second-order valence-corrected chi connectivity index (χ2v) is 5.87. The predicted octanol–water partition coefficient (Wildman–Crippen LogP) is 1.89. The Morgan fingerprint density at radius 1 is 1.25 bits per heavy atom. The lowest BCUT2D eigenvalue weighted by molar-refractivity contribution is 0.0696. The third kappa shape index (κ3) is 3.12. The number of pyridine rings is 1. The summed E-state index contributed by atoms with van der Waals surface area (Å²) in [5, 5.41) is 8.84. The summed E-state index contributed by atoms with van der Waals surface area (Å²) in [4.78, 5) is 14.6. The molecule has 1 heterocycles. The lowest BCUT2D eigenvalue weighted by atomic mass is 10.2. The zero-order valence-electron chi connectivity index (χ0n) is 10.6. The van der Waals surface area contributed by atoms with Crippen LogP contribution in [0.2, 0.25) is 0 Å². The number of nitrogens with one attached hydrogen (secondary N) is 1. The van der Waals surface area contributed by atoms with E-state index in [1.165, 1.54) is 24.4 Å². The lowest BCUT2D eigenvalue weighted by Gasteiger charge is -2.08. The average molecular weight is 292 g/mol. The maximum absolute atomic E-state index is 12.1. The van der Waals surface area contributed by atoms with Crippen molar-refractivity contribution >= 4 is 21.7 Å². The van der Waals surface area contributed by atoms with Crippen LogP contribution in [0.5, 0.6) is 0 Å². The second kappa shape index (κ2) is 5.30. The third-order valence-corrected chi connectivity index (χ3v) is 3.92. The molecule has 2 aromatic rings. The number of aromatic nitrogens is 1. The first-order valence-corrected chi connectivity index (χ1v) is 7.14.